The maximum Gasteiger partial charge on any atom is 0.431 e. The Kier molecular flexibility index (Phi) is 3.28. The molecule has 108 valence electrons. The molecule has 0 saturated heterocycles. The number of halogens is 3. The second kappa shape index (κ2) is 4.54. The lowest BCUT2D eigenvalue weighted by molar-refractivity contribution is -0.144. The quantitative estimate of drug-likeness (QED) is 0.918. The summed E-state index contributed by atoms with van der Waals surface area (Å²) in [4.78, 5) is 10.9. The van der Waals surface area contributed by atoms with E-state index in [0.29, 0.717) is 16.5 Å². The number of alkyl halides is 3. The summed E-state index contributed by atoms with van der Waals surface area (Å²) in [5.74, 6) is -1.28. The van der Waals surface area contributed by atoms with Crippen molar-refractivity contribution in [2.45, 2.75) is 26.4 Å². The molecule has 0 amide bonds. The Balaban J connectivity index is 2.93. The van der Waals surface area contributed by atoms with Gasteiger partial charge in [0.05, 0.1) is 6.42 Å². The van der Waals surface area contributed by atoms with E-state index in [1.807, 2.05) is 0 Å². The Bertz CT molecular complexity index is 699. The van der Waals surface area contributed by atoms with Gasteiger partial charge in [0.25, 0.3) is 0 Å². The van der Waals surface area contributed by atoms with Gasteiger partial charge in [0.2, 0.25) is 0 Å². The first-order chi connectivity index (χ1) is 9.12. The average molecular weight is 285 g/mol. The van der Waals surface area contributed by atoms with Crippen LogP contribution in [0.2, 0.25) is 0 Å². The van der Waals surface area contributed by atoms with Crippen molar-refractivity contribution in [3.8, 4) is 0 Å². The molecule has 0 saturated carbocycles. The molecule has 0 fully saturated rings. The number of aryl methyl sites for hydroxylation is 3. The highest BCUT2D eigenvalue weighted by Gasteiger charge is 2.39. The highest BCUT2D eigenvalue weighted by atomic mass is 19.4. The van der Waals surface area contributed by atoms with E-state index < -0.39 is 24.3 Å². The lowest BCUT2D eigenvalue weighted by atomic mass is 10.0. The zero-order valence-corrected chi connectivity index (χ0v) is 11.3. The van der Waals surface area contributed by atoms with E-state index in [9.17, 15) is 18.0 Å². The fourth-order valence-corrected chi connectivity index (χ4v) is 2.73. The molecule has 0 aliphatic rings. The van der Waals surface area contributed by atoms with Crippen LogP contribution in [0.15, 0.2) is 12.1 Å². The molecule has 1 aromatic carbocycles. The summed E-state index contributed by atoms with van der Waals surface area (Å²) in [6.07, 6.45) is -5.23. The van der Waals surface area contributed by atoms with E-state index in [2.05, 4.69) is 0 Å². The third-order valence-electron chi connectivity index (χ3n) is 3.34. The average Bonchev–Trinajstić information content (AvgIpc) is 2.50. The molecule has 0 aliphatic heterocycles. The van der Waals surface area contributed by atoms with Crippen LogP contribution in [0.5, 0.6) is 0 Å². The SMILES string of the molecule is Cc1cc(C)c2c(CC(=O)O)c(C(F)(F)F)n(C)c2c1. The van der Waals surface area contributed by atoms with Crippen molar-refractivity contribution in [3.63, 3.8) is 0 Å². The number of carboxylic acid groups (broad SMARTS) is 1. The molecule has 1 N–H and O–H groups in total. The minimum absolute atomic E-state index is 0.167. The lowest BCUT2D eigenvalue weighted by Gasteiger charge is -2.10. The van der Waals surface area contributed by atoms with Crippen LogP contribution in [-0.2, 0) is 24.4 Å². The number of rotatable bonds is 2. The van der Waals surface area contributed by atoms with Gasteiger partial charge in [0.15, 0.2) is 0 Å². The number of carboxylic acids is 1. The summed E-state index contributed by atoms with van der Waals surface area (Å²) in [6, 6.07) is 3.40. The van der Waals surface area contributed by atoms with Crippen LogP contribution < -0.4 is 0 Å². The maximum atomic E-state index is 13.2. The molecule has 2 aromatic rings. The minimum Gasteiger partial charge on any atom is -0.481 e. The van der Waals surface area contributed by atoms with Crippen molar-refractivity contribution in [2.24, 2.45) is 7.05 Å². The number of hydrogen-bond donors (Lipinski definition) is 1. The standard InChI is InChI=1S/C14H14F3NO2/c1-7-4-8(2)12-9(6-11(19)20)13(14(15,16)17)18(3)10(12)5-7/h4-5H,6H2,1-3H3,(H,19,20). The molecule has 0 atom stereocenters. The van der Waals surface area contributed by atoms with E-state index in [0.717, 1.165) is 10.1 Å². The van der Waals surface area contributed by atoms with Gasteiger partial charge in [-0.25, -0.2) is 0 Å². The zero-order valence-electron chi connectivity index (χ0n) is 11.3. The van der Waals surface area contributed by atoms with Crippen LogP contribution in [0.1, 0.15) is 22.4 Å². The summed E-state index contributed by atoms with van der Waals surface area (Å²) in [7, 11) is 1.31. The van der Waals surface area contributed by atoms with Crippen molar-refractivity contribution in [2.75, 3.05) is 0 Å². The monoisotopic (exact) mass is 285 g/mol. The fraction of sp³-hybridized carbons (Fsp3) is 0.357. The van der Waals surface area contributed by atoms with Gasteiger partial charge in [-0.15, -0.1) is 0 Å². The number of benzene rings is 1. The van der Waals surface area contributed by atoms with E-state index in [1.165, 1.54) is 7.05 Å². The maximum absolute atomic E-state index is 13.2. The van der Waals surface area contributed by atoms with E-state index >= 15 is 0 Å². The van der Waals surface area contributed by atoms with Crippen LogP contribution in [-0.4, -0.2) is 15.6 Å². The molecular weight excluding hydrogens is 271 g/mol. The first kappa shape index (κ1) is 14.4. The Morgan fingerprint density at radius 3 is 2.40 bits per heavy atom. The van der Waals surface area contributed by atoms with Gasteiger partial charge < -0.3 is 9.67 Å². The Hall–Kier alpha value is -1.98. The molecule has 0 spiro atoms. The molecule has 3 nitrogen and oxygen atoms in total. The van der Waals surface area contributed by atoms with Crippen molar-refractivity contribution >= 4 is 16.9 Å². The number of hydrogen-bond acceptors (Lipinski definition) is 1. The van der Waals surface area contributed by atoms with Gasteiger partial charge in [0.1, 0.15) is 5.69 Å². The molecule has 0 bridgehead atoms. The molecule has 0 aliphatic carbocycles. The van der Waals surface area contributed by atoms with Crippen molar-refractivity contribution in [1.82, 2.24) is 4.57 Å². The number of carbonyl (C=O) groups is 1. The van der Waals surface area contributed by atoms with E-state index in [-0.39, 0.29) is 5.56 Å². The summed E-state index contributed by atoms with van der Waals surface area (Å²) >= 11 is 0. The summed E-state index contributed by atoms with van der Waals surface area (Å²) in [5, 5.41) is 9.28. The molecule has 0 radical (unpaired) electrons. The van der Waals surface area contributed by atoms with Crippen LogP contribution in [0.4, 0.5) is 13.2 Å². The molecular formula is C14H14F3NO2. The predicted molar refractivity (Wildman–Crippen MR) is 68.7 cm³/mol. The minimum atomic E-state index is -4.58. The van der Waals surface area contributed by atoms with Gasteiger partial charge in [-0.3, -0.25) is 4.79 Å². The Morgan fingerprint density at radius 2 is 1.90 bits per heavy atom. The molecule has 6 heteroatoms. The summed E-state index contributed by atoms with van der Waals surface area (Å²) < 4.78 is 40.7. The van der Waals surface area contributed by atoms with Gasteiger partial charge >= 0.3 is 12.1 Å². The number of aliphatic carboxylic acids is 1. The largest absolute Gasteiger partial charge is 0.481 e. The smallest absolute Gasteiger partial charge is 0.431 e. The third kappa shape index (κ3) is 2.26. The van der Waals surface area contributed by atoms with Crippen LogP contribution in [0.25, 0.3) is 10.9 Å². The van der Waals surface area contributed by atoms with Crippen LogP contribution in [0.3, 0.4) is 0 Å². The van der Waals surface area contributed by atoms with Crippen molar-refractivity contribution in [3.05, 3.63) is 34.5 Å². The van der Waals surface area contributed by atoms with Gasteiger partial charge in [-0.2, -0.15) is 13.2 Å². The van der Waals surface area contributed by atoms with E-state index in [1.54, 1.807) is 26.0 Å². The zero-order chi connectivity index (χ0) is 15.2. The van der Waals surface area contributed by atoms with E-state index in [4.69, 9.17) is 5.11 Å². The number of aromatic nitrogens is 1. The molecule has 20 heavy (non-hydrogen) atoms. The van der Waals surface area contributed by atoms with Crippen LogP contribution >= 0.6 is 0 Å². The van der Waals surface area contributed by atoms with Gasteiger partial charge in [0, 0.05) is 23.5 Å². The second-order valence-electron chi connectivity index (χ2n) is 4.93. The summed E-state index contributed by atoms with van der Waals surface area (Å²) in [6.45, 7) is 3.49. The highest BCUT2D eigenvalue weighted by Crippen LogP contribution is 2.39. The lowest BCUT2D eigenvalue weighted by Crippen LogP contribution is -2.15. The van der Waals surface area contributed by atoms with Gasteiger partial charge in [-0.05, 0) is 31.0 Å². The molecule has 1 heterocycles. The topological polar surface area (TPSA) is 42.2 Å². The fourth-order valence-electron chi connectivity index (χ4n) is 2.73. The molecule has 2 rings (SSSR count). The third-order valence-corrected chi connectivity index (χ3v) is 3.34. The van der Waals surface area contributed by atoms with Crippen molar-refractivity contribution in [1.29, 1.82) is 0 Å². The second-order valence-corrected chi connectivity index (χ2v) is 4.93. The Labute approximate surface area is 113 Å². The summed E-state index contributed by atoms with van der Waals surface area (Å²) in [5.41, 5.74) is 0.850. The number of nitrogens with zero attached hydrogens (tertiary/aromatic N) is 1. The molecule has 1 aromatic heterocycles. The van der Waals surface area contributed by atoms with Gasteiger partial charge in [-0.1, -0.05) is 6.07 Å². The highest BCUT2D eigenvalue weighted by molar-refractivity contribution is 5.92. The number of fused-ring (bicyclic) bond motifs is 1. The Morgan fingerprint density at radius 1 is 1.30 bits per heavy atom. The van der Waals surface area contributed by atoms with Crippen LogP contribution in [0, 0.1) is 13.8 Å². The first-order valence-electron chi connectivity index (χ1n) is 6.00. The first-order valence-corrected chi connectivity index (χ1v) is 6.00. The molecule has 0 unspecified atom stereocenters. The normalized spacial score (nSPS) is 12.1. The predicted octanol–water partition coefficient (Wildman–Crippen LogP) is 3.44. The van der Waals surface area contributed by atoms with Crippen molar-refractivity contribution < 1.29 is 23.1 Å².